The molecule has 0 spiro atoms. The highest BCUT2D eigenvalue weighted by Crippen LogP contribution is 2.36. The quantitative estimate of drug-likeness (QED) is 0.672. The molecule has 2 aromatic heterocycles. The Balaban J connectivity index is 1.49. The van der Waals surface area contributed by atoms with E-state index >= 15 is 0 Å². The smallest absolute Gasteiger partial charge is 0.271 e. The summed E-state index contributed by atoms with van der Waals surface area (Å²) in [5.74, 6) is 0.379. The first-order valence-electron chi connectivity index (χ1n) is 10.5. The number of aromatic amines is 1. The molecule has 4 rings (SSSR count). The average Bonchev–Trinajstić information content (AvgIpc) is 3.35. The lowest BCUT2D eigenvalue weighted by Crippen LogP contribution is -2.62. The molecule has 1 aromatic carbocycles. The third-order valence-corrected chi connectivity index (χ3v) is 6.45. The van der Waals surface area contributed by atoms with Crippen LogP contribution in [-0.2, 0) is 0 Å². The van der Waals surface area contributed by atoms with E-state index in [1.165, 1.54) is 16.9 Å². The molecule has 8 heteroatoms. The minimum atomic E-state index is -0.223. The van der Waals surface area contributed by atoms with Crippen LogP contribution in [0.4, 0.5) is 0 Å². The van der Waals surface area contributed by atoms with Crippen molar-refractivity contribution >= 4 is 5.91 Å². The van der Waals surface area contributed by atoms with E-state index in [0.29, 0.717) is 22.7 Å². The minimum absolute atomic E-state index is 0.000439. The zero-order chi connectivity index (χ0) is 22.4. The molecule has 1 fully saturated rings. The van der Waals surface area contributed by atoms with Gasteiger partial charge in [-0.2, -0.15) is 0 Å². The van der Waals surface area contributed by atoms with Crippen molar-refractivity contribution in [2.24, 2.45) is 0 Å². The van der Waals surface area contributed by atoms with Crippen LogP contribution in [0, 0.1) is 0 Å². The summed E-state index contributed by atoms with van der Waals surface area (Å²) in [6.45, 7) is 8.85. The van der Waals surface area contributed by atoms with Crippen molar-refractivity contribution in [1.82, 2.24) is 25.2 Å². The van der Waals surface area contributed by atoms with Crippen molar-refractivity contribution < 1.29 is 9.32 Å². The van der Waals surface area contributed by atoms with Crippen LogP contribution in [0.2, 0.25) is 0 Å². The summed E-state index contributed by atoms with van der Waals surface area (Å²) in [5.41, 5.74) is 1.51. The fourth-order valence-corrected chi connectivity index (χ4v) is 4.57. The Morgan fingerprint density at radius 1 is 1.13 bits per heavy atom. The number of amides is 1. The number of carbonyl (C=O) groups excluding carboxylic acids is 1. The number of likely N-dealkylation sites (tertiary alicyclic amines) is 1. The van der Waals surface area contributed by atoms with Gasteiger partial charge < -0.3 is 9.84 Å². The van der Waals surface area contributed by atoms with E-state index in [0.717, 1.165) is 12.8 Å². The summed E-state index contributed by atoms with van der Waals surface area (Å²) in [4.78, 5) is 27.6. The molecular formula is C23H29N5O3. The van der Waals surface area contributed by atoms with Crippen LogP contribution < -0.4 is 10.9 Å². The number of benzene rings is 1. The molecule has 164 valence electrons. The largest absolute Gasteiger partial charge is 0.355 e. The lowest BCUT2D eigenvalue weighted by molar-refractivity contribution is -0.0169. The van der Waals surface area contributed by atoms with E-state index in [9.17, 15) is 9.59 Å². The van der Waals surface area contributed by atoms with Gasteiger partial charge in [-0.3, -0.25) is 19.6 Å². The number of nitrogens with one attached hydrogen (secondary N) is 2. The Labute approximate surface area is 181 Å². The third-order valence-electron chi connectivity index (χ3n) is 6.45. The van der Waals surface area contributed by atoms with Crippen molar-refractivity contribution in [2.75, 3.05) is 7.05 Å². The maximum Gasteiger partial charge on any atom is 0.271 e. The van der Waals surface area contributed by atoms with E-state index in [4.69, 9.17) is 4.52 Å². The monoisotopic (exact) mass is 423 g/mol. The van der Waals surface area contributed by atoms with Gasteiger partial charge in [-0.15, -0.1) is 0 Å². The summed E-state index contributed by atoms with van der Waals surface area (Å²) in [7, 11) is 2.15. The molecule has 0 radical (unpaired) electrons. The van der Waals surface area contributed by atoms with Crippen LogP contribution in [0.3, 0.4) is 0 Å². The van der Waals surface area contributed by atoms with E-state index in [1.807, 2.05) is 0 Å². The minimum Gasteiger partial charge on any atom is -0.355 e. The van der Waals surface area contributed by atoms with Crippen LogP contribution in [0.25, 0.3) is 17.1 Å². The van der Waals surface area contributed by atoms with Gasteiger partial charge in [0.05, 0.1) is 11.9 Å². The SMILES string of the molecule is CN1C(C)(C)CC(NC(=O)c2ccc(-n3[nH]c(-c4ccno4)cc3=O)cc2)CC1(C)C. The molecule has 0 unspecified atom stereocenters. The van der Waals surface area contributed by atoms with Gasteiger partial charge in [0.2, 0.25) is 0 Å². The maximum atomic E-state index is 12.9. The summed E-state index contributed by atoms with van der Waals surface area (Å²) in [6, 6.07) is 10.2. The molecule has 1 saturated heterocycles. The Morgan fingerprint density at radius 2 is 1.77 bits per heavy atom. The molecule has 1 amide bonds. The standard InChI is InChI=1S/C23H29N5O3/c1-22(2)13-16(14-23(3,4)27(22)5)25-21(30)15-6-8-17(9-7-15)28-20(29)12-18(26-28)19-10-11-24-31-19/h6-12,16,26H,13-14H2,1-5H3,(H,25,30). The zero-order valence-electron chi connectivity index (χ0n) is 18.6. The molecule has 2 N–H and O–H groups in total. The number of aromatic nitrogens is 3. The Morgan fingerprint density at radius 3 is 2.35 bits per heavy atom. The molecule has 31 heavy (non-hydrogen) atoms. The fraction of sp³-hybridized carbons (Fsp3) is 0.435. The molecule has 1 aliphatic rings. The van der Waals surface area contributed by atoms with E-state index in [1.54, 1.807) is 30.3 Å². The van der Waals surface area contributed by atoms with E-state index in [-0.39, 0.29) is 28.6 Å². The van der Waals surface area contributed by atoms with Crippen LogP contribution in [0.15, 0.2) is 51.9 Å². The highest BCUT2D eigenvalue weighted by atomic mass is 16.5. The Hall–Kier alpha value is -3.13. The van der Waals surface area contributed by atoms with Gasteiger partial charge in [0.25, 0.3) is 11.5 Å². The average molecular weight is 424 g/mol. The second-order valence-corrected chi connectivity index (χ2v) is 9.53. The number of rotatable bonds is 4. The fourth-order valence-electron chi connectivity index (χ4n) is 4.57. The molecule has 3 heterocycles. The molecule has 8 nitrogen and oxygen atoms in total. The highest BCUT2D eigenvalue weighted by molar-refractivity contribution is 5.94. The van der Waals surface area contributed by atoms with Crippen molar-refractivity contribution in [3.8, 4) is 17.1 Å². The van der Waals surface area contributed by atoms with Gasteiger partial charge in [-0.05, 0) is 71.8 Å². The lowest BCUT2D eigenvalue weighted by atomic mass is 9.77. The zero-order valence-corrected chi connectivity index (χ0v) is 18.6. The van der Waals surface area contributed by atoms with Crippen molar-refractivity contribution in [2.45, 2.75) is 57.7 Å². The highest BCUT2D eigenvalue weighted by Gasteiger charge is 2.43. The first kappa shape index (κ1) is 21.1. The topological polar surface area (TPSA) is 96.2 Å². The molecule has 0 saturated carbocycles. The van der Waals surface area contributed by atoms with Crippen LogP contribution in [0.1, 0.15) is 50.9 Å². The molecule has 3 aromatic rings. The van der Waals surface area contributed by atoms with Gasteiger partial charge in [0.1, 0.15) is 5.69 Å². The molecule has 1 aliphatic heterocycles. The van der Waals surface area contributed by atoms with Gasteiger partial charge in [-0.25, -0.2) is 4.68 Å². The first-order valence-corrected chi connectivity index (χ1v) is 10.5. The first-order chi connectivity index (χ1) is 14.6. The number of H-pyrrole nitrogens is 1. The molecule has 0 aliphatic carbocycles. The summed E-state index contributed by atoms with van der Waals surface area (Å²) < 4.78 is 6.50. The second kappa shape index (κ2) is 7.53. The summed E-state index contributed by atoms with van der Waals surface area (Å²) in [5, 5.41) is 9.86. The molecule has 0 atom stereocenters. The Kier molecular flexibility index (Phi) is 5.13. The predicted molar refractivity (Wildman–Crippen MR) is 118 cm³/mol. The second-order valence-electron chi connectivity index (χ2n) is 9.53. The maximum absolute atomic E-state index is 12.9. The molecule has 0 bridgehead atoms. The van der Waals surface area contributed by atoms with Crippen LogP contribution >= 0.6 is 0 Å². The Bertz CT molecular complexity index is 1100. The van der Waals surface area contributed by atoms with Gasteiger partial charge in [0.15, 0.2) is 5.76 Å². The van der Waals surface area contributed by atoms with Crippen molar-refractivity contribution in [3.05, 3.63) is 58.5 Å². The third kappa shape index (κ3) is 4.07. The number of hydrogen-bond acceptors (Lipinski definition) is 5. The van der Waals surface area contributed by atoms with Gasteiger partial charge >= 0.3 is 0 Å². The lowest BCUT2D eigenvalue weighted by Gasteiger charge is -2.53. The van der Waals surface area contributed by atoms with Gasteiger partial charge in [-0.1, -0.05) is 5.16 Å². The van der Waals surface area contributed by atoms with Gasteiger partial charge in [0, 0.05) is 34.8 Å². The van der Waals surface area contributed by atoms with E-state index < -0.39 is 0 Å². The summed E-state index contributed by atoms with van der Waals surface area (Å²) in [6.07, 6.45) is 3.29. The normalized spacial score (nSPS) is 18.7. The number of nitrogens with zero attached hydrogens (tertiary/aromatic N) is 3. The number of hydrogen-bond donors (Lipinski definition) is 2. The van der Waals surface area contributed by atoms with E-state index in [2.05, 4.69) is 55.2 Å². The number of carbonyl (C=O) groups is 1. The van der Waals surface area contributed by atoms with Crippen LogP contribution in [-0.4, -0.2) is 49.9 Å². The predicted octanol–water partition coefficient (Wildman–Crippen LogP) is 3.20. The van der Waals surface area contributed by atoms with Crippen LogP contribution in [0.5, 0.6) is 0 Å². The van der Waals surface area contributed by atoms with Crippen molar-refractivity contribution in [1.29, 1.82) is 0 Å². The number of piperidine rings is 1. The summed E-state index contributed by atoms with van der Waals surface area (Å²) >= 11 is 0. The van der Waals surface area contributed by atoms with Crippen molar-refractivity contribution in [3.63, 3.8) is 0 Å². The molecular weight excluding hydrogens is 394 g/mol.